The van der Waals surface area contributed by atoms with Crippen LogP contribution in [0.25, 0.3) is 28.0 Å². The molecular weight excluding hydrogens is 450 g/mol. The summed E-state index contributed by atoms with van der Waals surface area (Å²) in [6.45, 7) is 4.00. The summed E-state index contributed by atoms with van der Waals surface area (Å²) < 4.78 is 10.2. The highest BCUT2D eigenvalue weighted by Crippen LogP contribution is 2.40. The van der Waals surface area contributed by atoms with Crippen molar-refractivity contribution in [3.8, 4) is 28.1 Å². The van der Waals surface area contributed by atoms with Crippen LogP contribution < -0.4 is 10.1 Å². The van der Waals surface area contributed by atoms with Gasteiger partial charge < -0.3 is 14.6 Å². The van der Waals surface area contributed by atoms with E-state index >= 15 is 0 Å². The molecule has 2 aromatic heterocycles. The van der Waals surface area contributed by atoms with Crippen LogP contribution in [0.4, 0.5) is 0 Å². The molecule has 1 N–H and O–H groups in total. The van der Waals surface area contributed by atoms with Crippen LogP contribution in [0.2, 0.25) is 5.02 Å². The van der Waals surface area contributed by atoms with E-state index in [0.717, 1.165) is 60.2 Å². The van der Waals surface area contributed by atoms with Crippen molar-refractivity contribution in [1.29, 1.82) is 0 Å². The number of benzene rings is 2. The molecule has 1 aliphatic heterocycles. The van der Waals surface area contributed by atoms with Gasteiger partial charge in [0.25, 0.3) is 0 Å². The van der Waals surface area contributed by atoms with Crippen LogP contribution >= 0.6 is 23.8 Å². The van der Waals surface area contributed by atoms with E-state index in [1.807, 2.05) is 24.3 Å². The van der Waals surface area contributed by atoms with Crippen LogP contribution in [0.1, 0.15) is 37.4 Å². The molecule has 2 aromatic carbocycles. The van der Waals surface area contributed by atoms with Gasteiger partial charge in [-0.2, -0.15) is 0 Å². The van der Waals surface area contributed by atoms with Crippen molar-refractivity contribution in [2.24, 2.45) is 0 Å². The second-order valence-electron chi connectivity index (χ2n) is 8.51. The third kappa shape index (κ3) is 3.94. The zero-order valence-electron chi connectivity index (χ0n) is 19.0. The van der Waals surface area contributed by atoms with Crippen molar-refractivity contribution in [3.63, 3.8) is 0 Å². The topological polar surface area (TPSA) is 30.6 Å². The number of imidazole rings is 1. The van der Waals surface area contributed by atoms with E-state index in [-0.39, 0.29) is 0 Å². The van der Waals surface area contributed by atoms with Crippen molar-refractivity contribution < 1.29 is 4.74 Å². The fourth-order valence-corrected chi connectivity index (χ4v) is 5.28. The van der Waals surface area contributed by atoms with E-state index in [2.05, 4.69) is 51.7 Å². The normalized spacial score (nSPS) is 13.2. The predicted molar refractivity (Wildman–Crippen MR) is 141 cm³/mol. The van der Waals surface area contributed by atoms with E-state index in [9.17, 15) is 0 Å². The highest BCUT2D eigenvalue weighted by atomic mass is 35.5. The molecule has 0 radical (unpaired) electrons. The van der Waals surface area contributed by atoms with Gasteiger partial charge in [0.1, 0.15) is 16.4 Å². The molecule has 0 saturated heterocycles. The van der Waals surface area contributed by atoms with E-state index < -0.39 is 0 Å². The second-order valence-corrected chi connectivity index (χ2v) is 9.35. The van der Waals surface area contributed by atoms with Gasteiger partial charge in [0.2, 0.25) is 0 Å². The number of nitrogens with zero attached hydrogens (tertiary/aromatic N) is 2. The number of methoxy groups -OCH3 is 1. The number of ether oxygens (including phenoxy) is 1. The first-order chi connectivity index (χ1) is 16.1. The summed E-state index contributed by atoms with van der Waals surface area (Å²) in [7, 11) is 1.70. The molecule has 4 aromatic rings. The number of rotatable bonds is 6. The van der Waals surface area contributed by atoms with Gasteiger partial charge >= 0.3 is 0 Å². The maximum absolute atomic E-state index is 6.17. The minimum Gasteiger partial charge on any atom is -0.497 e. The highest BCUT2D eigenvalue weighted by molar-refractivity contribution is 7.80. The van der Waals surface area contributed by atoms with E-state index in [4.69, 9.17) is 28.6 Å². The van der Waals surface area contributed by atoms with Crippen molar-refractivity contribution >= 4 is 34.5 Å². The summed E-state index contributed by atoms with van der Waals surface area (Å²) in [6, 6.07) is 16.5. The summed E-state index contributed by atoms with van der Waals surface area (Å²) in [5.41, 5.74) is 8.47. The average Bonchev–Trinajstić information content (AvgIpc) is 3.26. The van der Waals surface area contributed by atoms with Crippen LogP contribution in [-0.4, -0.2) is 27.6 Å². The minimum absolute atomic E-state index is 0.751. The zero-order valence-corrected chi connectivity index (χ0v) is 20.6. The van der Waals surface area contributed by atoms with Crippen LogP contribution in [0.15, 0.2) is 54.7 Å². The number of aryl methyl sites for hydroxylation is 2. The van der Waals surface area contributed by atoms with Crippen molar-refractivity contribution in [2.75, 3.05) is 13.7 Å². The number of aromatic nitrogens is 2. The summed E-state index contributed by atoms with van der Waals surface area (Å²) >= 11 is 12.1. The molecule has 170 valence electrons. The summed E-state index contributed by atoms with van der Waals surface area (Å²) in [5.74, 6) is 0.858. The quantitative estimate of drug-likeness (QED) is 0.311. The summed E-state index contributed by atoms with van der Waals surface area (Å²) in [5, 5.41) is 4.23. The van der Waals surface area contributed by atoms with Crippen molar-refractivity contribution in [3.05, 3.63) is 71.0 Å². The fraction of sp³-hybridized carbons (Fsp3) is 0.296. The van der Waals surface area contributed by atoms with Gasteiger partial charge in [0.15, 0.2) is 0 Å². The third-order valence-electron chi connectivity index (χ3n) is 6.40. The second kappa shape index (κ2) is 9.24. The molecule has 3 heterocycles. The Labute approximate surface area is 205 Å². The van der Waals surface area contributed by atoms with Crippen molar-refractivity contribution in [1.82, 2.24) is 14.3 Å². The van der Waals surface area contributed by atoms with Gasteiger partial charge in [-0.1, -0.05) is 55.0 Å². The lowest BCUT2D eigenvalue weighted by Gasteiger charge is -2.12. The molecule has 0 unspecified atom stereocenters. The SMILES string of the molecule is CCCNC(=S)c1c(-c2ccc(OC)cc2)c2c3n(c(-c4ccc(Cl)cc4)cn13)CCCC2. The Morgan fingerprint density at radius 2 is 1.79 bits per heavy atom. The lowest BCUT2D eigenvalue weighted by molar-refractivity contribution is 0.415. The molecule has 4 nitrogen and oxygen atoms in total. The molecule has 6 heteroatoms. The molecule has 33 heavy (non-hydrogen) atoms. The summed E-state index contributed by atoms with van der Waals surface area (Å²) in [6.07, 6.45) is 6.60. The van der Waals surface area contributed by atoms with Gasteiger partial charge in [-0.15, -0.1) is 0 Å². The Morgan fingerprint density at radius 3 is 2.48 bits per heavy atom. The van der Waals surface area contributed by atoms with Gasteiger partial charge in [0.05, 0.1) is 18.5 Å². The maximum Gasteiger partial charge on any atom is 0.124 e. The lowest BCUT2D eigenvalue weighted by atomic mass is 9.98. The molecule has 5 rings (SSSR count). The van der Waals surface area contributed by atoms with Gasteiger partial charge in [-0.05, 0) is 61.1 Å². The molecule has 1 aliphatic rings. The van der Waals surface area contributed by atoms with E-state index in [0.29, 0.717) is 0 Å². The van der Waals surface area contributed by atoms with Crippen LogP contribution in [-0.2, 0) is 13.0 Å². The van der Waals surface area contributed by atoms with Crippen LogP contribution in [0.5, 0.6) is 5.75 Å². The highest BCUT2D eigenvalue weighted by Gasteiger charge is 2.28. The molecule has 0 amide bonds. The van der Waals surface area contributed by atoms with Gasteiger partial charge in [-0.3, -0.25) is 4.40 Å². The first kappa shape index (κ1) is 22.1. The van der Waals surface area contributed by atoms with Crippen LogP contribution in [0.3, 0.4) is 0 Å². The predicted octanol–water partition coefficient (Wildman–Crippen LogP) is 6.75. The molecule has 0 aliphatic carbocycles. The summed E-state index contributed by atoms with van der Waals surface area (Å²) in [4.78, 5) is 0.796. The molecule has 0 saturated carbocycles. The van der Waals surface area contributed by atoms with Gasteiger partial charge in [0, 0.05) is 35.4 Å². The molecular formula is C27H28ClN3OS. The van der Waals surface area contributed by atoms with Gasteiger partial charge in [-0.25, -0.2) is 0 Å². The fourth-order valence-electron chi connectivity index (χ4n) is 4.85. The largest absolute Gasteiger partial charge is 0.497 e. The monoisotopic (exact) mass is 477 g/mol. The molecule has 0 fully saturated rings. The number of thiocarbonyl (C=S) groups is 1. The van der Waals surface area contributed by atoms with E-state index in [1.54, 1.807) is 7.11 Å². The first-order valence-electron chi connectivity index (χ1n) is 11.6. The Bertz CT molecular complexity index is 1300. The minimum atomic E-state index is 0.751. The number of nitrogens with one attached hydrogen (secondary N) is 1. The number of hydrogen-bond acceptors (Lipinski definition) is 2. The van der Waals surface area contributed by atoms with Crippen molar-refractivity contribution in [2.45, 2.75) is 39.2 Å². The standard InChI is InChI=1S/C27H28ClN3OS/c1-3-15-29-26(33)25-24(19-9-13-21(32-2)14-10-19)22-6-4-5-16-30-23(17-31(25)27(22)30)18-7-11-20(28)12-8-18/h7-14,17H,3-6,15-16H2,1-2H3,(H,29,33). The Morgan fingerprint density at radius 1 is 1.06 bits per heavy atom. The van der Waals surface area contributed by atoms with E-state index in [1.165, 1.54) is 33.6 Å². The third-order valence-corrected chi connectivity index (χ3v) is 6.99. The maximum atomic E-state index is 6.17. The average molecular weight is 478 g/mol. The smallest absolute Gasteiger partial charge is 0.124 e. The first-order valence-corrected chi connectivity index (χ1v) is 12.4. The lowest BCUT2D eigenvalue weighted by Crippen LogP contribution is -2.24. The Hall–Kier alpha value is -2.76. The zero-order chi connectivity index (χ0) is 22.9. The number of halogens is 1. The molecule has 0 bridgehead atoms. The molecule has 0 atom stereocenters. The Kier molecular flexibility index (Phi) is 6.17. The van der Waals surface area contributed by atoms with Crippen LogP contribution in [0, 0.1) is 0 Å². The molecule has 0 spiro atoms. The number of hydrogen-bond donors (Lipinski definition) is 1. The Balaban J connectivity index is 1.78.